The number of hydrogen-bond acceptors (Lipinski definition) is 5. The van der Waals surface area contributed by atoms with Gasteiger partial charge < -0.3 is 20.3 Å². The fraction of sp³-hybridized carbons (Fsp3) is 0.462. The molecule has 3 heterocycles. The molecule has 2 atom stereocenters. The number of hydrogen-bond donors (Lipinski definition) is 2. The molecule has 8 nitrogen and oxygen atoms in total. The number of benzene rings is 1. The zero-order valence-electron chi connectivity index (χ0n) is 21.1. The molecule has 2 aliphatic heterocycles. The molecule has 0 saturated carbocycles. The molecule has 3 amide bonds. The number of amides is 3. The van der Waals surface area contributed by atoms with Crippen LogP contribution in [0.15, 0.2) is 36.5 Å². The molecule has 39 heavy (non-hydrogen) atoms. The summed E-state index contributed by atoms with van der Waals surface area (Å²) in [5.74, 6) is -1.35. The van der Waals surface area contributed by atoms with Gasteiger partial charge in [-0.3, -0.25) is 14.4 Å². The smallest absolute Gasteiger partial charge is 0.405 e. The number of pyridine rings is 1. The highest BCUT2D eigenvalue weighted by atomic mass is 35.5. The number of nitrogens with one attached hydrogen (secondary N) is 2. The Morgan fingerprint density at radius 2 is 1.64 bits per heavy atom. The normalized spacial score (nSPS) is 20.9. The first-order valence-corrected chi connectivity index (χ1v) is 13.1. The summed E-state index contributed by atoms with van der Waals surface area (Å²) in [6.45, 7) is 1.78. The first-order chi connectivity index (χ1) is 18.2. The van der Waals surface area contributed by atoms with Crippen LogP contribution in [-0.2, 0) is 4.79 Å². The van der Waals surface area contributed by atoms with E-state index in [9.17, 15) is 27.6 Å². The van der Waals surface area contributed by atoms with Gasteiger partial charge in [0.05, 0.1) is 5.02 Å². The van der Waals surface area contributed by atoms with Gasteiger partial charge in [0.25, 0.3) is 17.7 Å². The second-order valence-electron chi connectivity index (χ2n) is 10.2. The number of carbonyl (C=O) groups is 3. The Morgan fingerprint density at radius 3 is 2.21 bits per heavy atom. The van der Waals surface area contributed by atoms with Crippen molar-refractivity contribution in [2.24, 2.45) is 0 Å². The van der Waals surface area contributed by atoms with Crippen LogP contribution in [0.3, 0.4) is 0 Å². The van der Waals surface area contributed by atoms with E-state index < -0.39 is 24.2 Å². The summed E-state index contributed by atoms with van der Waals surface area (Å²) in [7, 11) is 0. The minimum absolute atomic E-state index is 0.0279. The molecular formula is C26H27Cl2F3N4O4. The van der Waals surface area contributed by atoms with Crippen LogP contribution in [0.1, 0.15) is 60.2 Å². The maximum atomic E-state index is 13.3. The van der Waals surface area contributed by atoms with Crippen molar-refractivity contribution in [1.29, 1.82) is 0 Å². The number of piperidine rings is 1. The first kappa shape index (κ1) is 28.9. The van der Waals surface area contributed by atoms with Crippen molar-refractivity contribution in [2.45, 2.75) is 69.4 Å². The fourth-order valence-corrected chi connectivity index (χ4v) is 5.37. The molecule has 0 aliphatic carbocycles. The van der Waals surface area contributed by atoms with Gasteiger partial charge in [-0.15, -0.1) is 0 Å². The summed E-state index contributed by atoms with van der Waals surface area (Å²) in [4.78, 5) is 44.1. The van der Waals surface area contributed by atoms with Crippen LogP contribution in [0.25, 0.3) is 0 Å². The SMILES string of the molecule is CC(C)(Oc1ncc(Cl)cc1Cl)C(=O)NC1CC2CCC(C1)N2C(=O)c1ccc(C(=O)NCC(F)(F)F)cc1. The standard InChI is InChI=1S/C26H27Cl2F3N4O4/c1-25(2,39-22-20(28)9-16(27)12-32-22)24(38)34-17-10-18-7-8-19(11-17)35(18)23(37)15-5-3-14(4-6-15)21(36)33-13-26(29,30)31/h3-6,9,12,17-19H,7-8,10-11,13H2,1-2H3,(H,33,36)(H,34,38). The molecule has 2 aromatic rings. The van der Waals surface area contributed by atoms with E-state index in [1.807, 2.05) is 0 Å². The number of carbonyl (C=O) groups excluding carboxylic acids is 3. The average Bonchev–Trinajstić information content (AvgIpc) is 3.13. The largest absolute Gasteiger partial charge is 0.460 e. The van der Waals surface area contributed by atoms with Gasteiger partial charge in [0, 0.05) is 35.4 Å². The van der Waals surface area contributed by atoms with Crippen molar-refractivity contribution in [3.05, 3.63) is 57.7 Å². The summed E-state index contributed by atoms with van der Waals surface area (Å²) in [6, 6.07) is 6.66. The highest BCUT2D eigenvalue weighted by Gasteiger charge is 2.45. The molecule has 13 heteroatoms. The van der Waals surface area contributed by atoms with Crippen LogP contribution in [-0.4, -0.2) is 64.1 Å². The van der Waals surface area contributed by atoms with Crippen LogP contribution in [0.2, 0.25) is 10.0 Å². The van der Waals surface area contributed by atoms with Crippen molar-refractivity contribution >= 4 is 40.9 Å². The summed E-state index contributed by atoms with van der Waals surface area (Å²) in [5, 5.41) is 5.36. The summed E-state index contributed by atoms with van der Waals surface area (Å²) >= 11 is 12.0. The molecule has 4 rings (SSSR count). The first-order valence-electron chi connectivity index (χ1n) is 12.3. The number of fused-ring (bicyclic) bond motifs is 2. The molecule has 2 N–H and O–H groups in total. The lowest BCUT2D eigenvalue weighted by Crippen LogP contribution is -2.56. The minimum atomic E-state index is -4.51. The molecule has 0 spiro atoms. The molecule has 210 valence electrons. The summed E-state index contributed by atoms with van der Waals surface area (Å²) in [5.41, 5.74) is -0.909. The maximum Gasteiger partial charge on any atom is 0.405 e. The van der Waals surface area contributed by atoms with Crippen LogP contribution >= 0.6 is 23.2 Å². The van der Waals surface area contributed by atoms with Crippen molar-refractivity contribution < 1.29 is 32.3 Å². The highest BCUT2D eigenvalue weighted by molar-refractivity contribution is 6.35. The molecule has 1 aromatic heterocycles. The lowest BCUT2D eigenvalue weighted by atomic mass is 9.95. The summed E-state index contributed by atoms with van der Waals surface area (Å²) in [6.07, 6.45) is -0.460. The number of alkyl halides is 3. The van der Waals surface area contributed by atoms with Crippen molar-refractivity contribution in [1.82, 2.24) is 20.5 Å². The van der Waals surface area contributed by atoms with Gasteiger partial charge in [0.1, 0.15) is 11.6 Å². The Labute approximate surface area is 233 Å². The van der Waals surface area contributed by atoms with E-state index in [4.69, 9.17) is 27.9 Å². The second kappa shape index (κ2) is 11.2. The topological polar surface area (TPSA) is 101 Å². The maximum absolute atomic E-state index is 13.3. The molecule has 2 saturated heterocycles. The number of aromatic nitrogens is 1. The molecule has 2 fully saturated rings. The van der Waals surface area contributed by atoms with Crippen molar-refractivity contribution in [2.75, 3.05) is 6.54 Å². The van der Waals surface area contributed by atoms with Crippen LogP contribution < -0.4 is 15.4 Å². The number of halogens is 5. The Balaban J connectivity index is 1.35. The van der Waals surface area contributed by atoms with Crippen LogP contribution in [0.5, 0.6) is 5.88 Å². The van der Waals surface area contributed by atoms with E-state index in [0.29, 0.717) is 23.4 Å². The molecule has 2 bridgehead atoms. The van der Waals surface area contributed by atoms with Crippen LogP contribution in [0.4, 0.5) is 13.2 Å². The summed E-state index contributed by atoms with van der Waals surface area (Å²) < 4.78 is 42.8. The van der Waals surface area contributed by atoms with Gasteiger partial charge in [0.15, 0.2) is 5.60 Å². The number of rotatable bonds is 7. The number of nitrogens with zero attached hydrogens (tertiary/aromatic N) is 2. The van der Waals surface area contributed by atoms with Gasteiger partial charge in [-0.2, -0.15) is 13.2 Å². The lowest BCUT2D eigenvalue weighted by molar-refractivity contribution is -0.135. The van der Waals surface area contributed by atoms with E-state index >= 15 is 0 Å². The highest BCUT2D eigenvalue weighted by Crippen LogP contribution is 2.37. The molecule has 2 aliphatic rings. The van der Waals surface area contributed by atoms with E-state index in [0.717, 1.165) is 12.8 Å². The van der Waals surface area contributed by atoms with Crippen molar-refractivity contribution in [3.8, 4) is 5.88 Å². The molecule has 1 aromatic carbocycles. The fourth-order valence-electron chi connectivity index (χ4n) is 4.95. The third-order valence-corrected chi connectivity index (χ3v) is 7.30. The Morgan fingerprint density at radius 1 is 1.05 bits per heavy atom. The van der Waals surface area contributed by atoms with Gasteiger partial charge in [-0.05, 0) is 69.9 Å². The lowest BCUT2D eigenvalue weighted by Gasteiger charge is -2.40. The van der Waals surface area contributed by atoms with E-state index in [-0.39, 0.29) is 46.4 Å². The third-order valence-electron chi connectivity index (χ3n) is 6.82. The quantitative estimate of drug-likeness (QED) is 0.486. The van der Waals surface area contributed by atoms with Gasteiger partial charge in [-0.1, -0.05) is 23.2 Å². The average molecular weight is 587 g/mol. The zero-order valence-corrected chi connectivity index (χ0v) is 22.7. The van der Waals surface area contributed by atoms with E-state index in [1.54, 1.807) is 24.1 Å². The van der Waals surface area contributed by atoms with Gasteiger partial charge in [0.2, 0.25) is 5.88 Å². The van der Waals surface area contributed by atoms with Crippen LogP contribution in [0, 0.1) is 0 Å². The predicted octanol–water partition coefficient (Wildman–Crippen LogP) is 4.79. The minimum Gasteiger partial charge on any atom is -0.460 e. The Hall–Kier alpha value is -3.05. The Kier molecular flexibility index (Phi) is 8.32. The second-order valence-corrected chi connectivity index (χ2v) is 11.0. The van der Waals surface area contributed by atoms with Gasteiger partial charge >= 0.3 is 6.18 Å². The number of ether oxygens (including phenoxy) is 1. The third kappa shape index (κ3) is 6.94. The zero-order chi connectivity index (χ0) is 28.5. The van der Waals surface area contributed by atoms with Gasteiger partial charge in [-0.25, -0.2) is 4.98 Å². The van der Waals surface area contributed by atoms with E-state index in [2.05, 4.69) is 10.3 Å². The molecular weight excluding hydrogens is 560 g/mol. The monoisotopic (exact) mass is 586 g/mol. The molecule has 0 radical (unpaired) electrons. The molecule has 2 unspecified atom stereocenters. The van der Waals surface area contributed by atoms with E-state index in [1.165, 1.54) is 36.5 Å². The Bertz CT molecular complexity index is 1240. The predicted molar refractivity (Wildman–Crippen MR) is 138 cm³/mol. The van der Waals surface area contributed by atoms with Crippen molar-refractivity contribution in [3.63, 3.8) is 0 Å².